The predicted molar refractivity (Wildman–Crippen MR) is 131 cm³/mol. The van der Waals surface area contributed by atoms with Crippen LogP contribution in [0.5, 0.6) is 0 Å². The Morgan fingerprint density at radius 2 is 1.38 bits per heavy atom. The molecule has 10 atom stereocenters. The molecule has 4 fully saturated rings. The number of ketones is 1. The molecule has 5 rings (SSSR count). The largest absolute Gasteiger partial charge is 0.393 e. The third-order valence-corrected chi connectivity index (χ3v) is 13.3. The maximum absolute atomic E-state index is 12.6. The number of aliphatic hydroxyl groups excluding tert-OH is 1. The van der Waals surface area contributed by atoms with E-state index in [1.807, 2.05) is 6.08 Å². The lowest BCUT2D eigenvalue weighted by atomic mass is 9.30. The monoisotopic (exact) mass is 440 g/mol. The Morgan fingerprint density at radius 1 is 0.781 bits per heavy atom. The van der Waals surface area contributed by atoms with Crippen molar-refractivity contribution in [3.63, 3.8) is 0 Å². The molecular weight excluding hydrogens is 392 g/mol. The molecule has 32 heavy (non-hydrogen) atoms. The van der Waals surface area contributed by atoms with Crippen LogP contribution in [0.3, 0.4) is 0 Å². The standard InChI is InChI=1S/C30H48O2/c1-19-20(31)9-10-21-26(19,4)12-11-22-27(21,5)13-15-30(8)23-17-25(2,3)18-24(32)28(23,6)14-16-29(22,30)7/h9-10,19,21-24,32H,11-18H2,1-8H3/t19-,21+,22-,23+,24+,26+,27-,28+,29+,30-/m0/s1. The smallest absolute Gasteiger partial charge is 0.158 e. The molecule has 2 nitrogen and oxygen atoms in total. The van der Waals surface area contributed by atoms with Gasteiger partial charge in [-0.2, -0.15) is 0 Å². The van der Waals surface area contributed by atoms with E-state index in [1.165, 1.54) is 44.9 Å². The number of hydrogen-bond donors (Lipinski definition) is 1. The Kier molecular flexibility index (Phi) is 4.71. The van der Waals surface area contributed by atoms with Crippen molar-refractivity contribution in [2.75, 3.05) is 0 Å². The van der Waals surface area contributed by atoms with E-state index < -0.39 is 0 Å². The van der Waals surface area contributed by atoms with Gasteiger partial charge in [0.1, 0.15) is 0 Å². The second-order valence-corrected chi connectivity index (χ2v) is 15.0. The van der Waals surface area contributed by atoms with Crippen molar-refractivity contribution in [3.8, 4) is 0 Å². The Bertz CT molecular complexity index is 857. The van der Waals surface area contributed by atoms with Crippen molar-refractivity contribution in [1.29, 1.82) is 0 Å². The van der Waals surface area contributed by atoms with Crippen LogP contribution in [0.1, 0.15) is 107 Å². The zero-order valence-electron chi connectivity index (χ0n) is 22.1. The zero-order valence-corrected chi connectivity index (χ0v) is 22.1. The fourth-order valence-corrected chi connectivity index (χ4v) is 10.8. The van der Waals surface area contributed by atoms with E-state index in [0.717, 1.165) is 6.42 Å². The number of rotatable bonds is 0. The highest BCUT2D eigenvalue weighted by atomic mass is 16.3. The summed E-state index contributed by atoms with van der Waals surface area (Å²) in [5.41, 5.74) is 1.23. The number of hydrogen-bond acceptors (Lipinski definition) is 2. The second kappa shape index (κ2) is 6.52. The minimum Gasteiger partial charge on any atom is -0.393 e. The van der Waals surface area contributed by atoms with E-state index in [1.54, 1.807) is 0 Å². The molecule has 5 aliphatic rings. The van der Waals surface area contributed by atoms with Crippen molar-refractivity contribution >= 4 is 5.78 Å². The minimum absolute atomic E-state index is 0.0619. The molecule has 0 amide bonds. The highest BCUT2D eigenvalue weighted by molar-refractivity contribution is 5.93. The van der Waals surface area contributed by atoms with E-state index in [9.17, 15) is 9.90 Å². The molecule has 0 aromatic carbocycles. The molecule has 180 valence electrons. The van der Waals surface area contributed by atoms with Crippen molar-refractivity contribution < 1.29 is 9.90 Å². The molecule has 2 heteroatoms. The summed E-state index contributed by atoms with van der Waals surface area (Å²) in [7, 11) is 0. The third-order valence-electron chi connectivity index (χ3n) is 13.3. The van der Waals surface area contributed by atoms with E-state index in [-0.39, 0.29) is 39.1 Å². The second-order valence-electron chi connectivity index (χ2n) is 15.0. The van der Waals surface area contributed by atoms with E-state index in [2.05, 4.69) is 61.5 Å². The Morgan fingerprint density at radius 3 is 2.03 bits per heavy atom. The van der Waals surface area contributed by atoms with Gasteiger partial charge in [-0.05, 0) is 108 Å². The normalized spacial score (nSPS) is 58.9. The fourth-order valence-electron chi connectivity index (χ4n) is 10.8. The highest BCUT2D eigenvalue weighted by Crippen LogP contribution is 2.78. The predicted octanol–water partition coefficient (Wildman–Crippen LogP) is 7.20. The first kappa shape index (κ1) is 23.1. The van der Waals surface area contributed by atoms with Crippen LogP contribution in [-0.2, 0) is 4.79 Å². The molecule has 0 aromatic rings. The first-order valence-electron chi connectivity index (χ1n) is 13.5. The maximum atomic E-state index is 12.6. The molecule has 5 aliphatic carbocycles. The van der Waals surface area contributed by atoms with Gasteiger partial charge in [0.25, 0.3) is 0 Å². The average molecular weight is 441 g/mol. The number of carbonyl (C=O) groups excluding carboxylic acids is 1. The summed E-state index contributed by atoms with van der Waals surface area (Å²) < 4.78 is 0. The van der Waals surface area contributed by atoms with Crippen LogP contribution in [-0.4, -0.2) is 17.0 Å². The van der Waals surface area contributed by atoms with Crippen molar-refractivity contribution in [2.45, 2.75) is 113 Å². The van der Waals surface area contributed by atoms with Crippen LogP contribution in [0, 0.1) is 56.2 Å². The molecule has 1 N–H and O–H groups in total. The van der Waals surface area contributed by atoms with Crippen LogP contribution >= 0.6 is 0 Å². The topological polar surface area (TPSA) is 37.3 Å². The van der Waals surface area contributed by atoms with Gasteiger partial charge in [-0.25, -0.2) is 0 Å². The molecular formula is C30H48O2. The maximum Gasteiger partial charge on any atom is 0.158 e. The van der Waals surface area contributed by atoms with Gasteiger partial charge in [-0.3, -0.25) is 4.79 Å². The number of allylic oxidation sites excluding steroid dienone is 2. The van der Waals surface area contributed by atoms with Crippen LogP contribution in [0.4, 0.5) is 0 Å². The highest BCUT2D eigenvalue weighted by Gasteiger charge is 2.71. The molecule has 0 saturated heterocycles. The summed E-state index contributed by atoms with van der Waals surface area (Å²) in [6.07, 6.45) is 13.7. The number of fused-ring (bicyclic) bond motifs is 7. The molecule has 0 spiro atoms. The van der Waals surface area contributed by atoms with Crippen LogP contribution in [0.15, 0.2) is 12.2 Å². The fraction of sp³-hybridized carbons (Fsp3) is 0.900. The average Bonchev–Trinajstić information content (AvgIpc) is 2.69. The van der Waals surface area contributed by atoms with Gasteiger partial charge in [0.2, 0.25) is 0 Å². The number of carbonyl (C=O) groups is 1. The van der Waals surface area contributed by atoms with Gasteiger partial charge >= 0.3 is 0 Å². The molecule has 4 saturated carbocycles. The number of aliphatic hydroxyl groups is 1. The summed E-state index contributed by atoms with van der Waals surface area (Å²) in [5, 5.41) is 11.4. The summed E-state index contributed by atoms with van der Waals surface area (Å²) in [6.45, 7) is 19.7. The Labute approximate surface area is 197 Å². The van der Waals surface area contributed by atoms with Gasteiger partial charge in [0.15, 0.2) is 5.78 Å². The SMILES string of the molecule is C[C@H]1C(=O)C=C[C@@H]2[C@]1(C)CC[C@H]1[C@@]2(C)CC[C@@]2(C)[C@@H]3CC(C)(C)C[C@@H](O)[C@]3(C)CC[C@]12C. The lowest BCUT2D eigenvalue weighted by molar-refractivity contribution is -0.264. The summed E-state index contributed by atoms with van der Waals surface area (Å²) in [4.78, 5) is 12.6. The molecule has 0 aliphatic heterocycles. The first-order chi connectivity index (χ1) is 14.6. The van der Waals surface area contributed by atoms with Crippen LogP contribution in [0.25, 0.3) is 0 Å². The third kappa shape index (κ3) is 2.60. The molecule has 0 unspecified atom stereocenters. The first-order valence-corrected chi connectivity index (χ1v) is 13.5. The molecule has 0 radical (unpaired) electrons. The van der Waals surface area contributed by atoms with Gasteiger partial charge < -0.3 is 5.11 Å². The molecule has 0 aromatic heterocycles. The van der Waals surface area contributed by atoms with Gasteiger partial charge in [-0.15, -0.1) is 0 Å². The Balaban J connectivity index is 1.58. The molecule has 0 bridgehead atoms. The van der Waals surface area contributed by atoms with Crippen LogP contribution < -0.4 is 0 Å². The minimum atomic E-state index is -0.172. The zero-order chi connectivity index (χ0) is 23.5. The van der Waals surface area contributed by atoms with Crippen molar-refractivity contribution in [2.24, 2.45) is 56.2 Å². The Hall–Kier alpha value is -0.630. The van der Waals surface area contributed by atoms with Gasteiger partial charge in [0.05, 0.1) is 6.10 Å². The van der Waals surface area contributed by atoms with E-state index in [0.29, 0.717) is 29.0 Å². The summed E-state index contributed by atoms with van der Waals surface area (Å²) in [5.74, 6) is 2.27. The van der Waals surface area contributed by atoms with Crippen LogP contribution in [0.2, 0.25) is 0 Å². The summed E-state index contributed by atoms with van der Waals surface area (Å²) in [6, 6.07) is 0. The summed E-state index contributed by atoms with van der Waals surface area (Å²) >= 11 is 0. The lowest BCUT2D eigenvalue weighted by Gasteiger charge is -2.74. The van der Waals surface area contributed by atoms with Gasteiger partial charge in [-0.1, -0.05) is 61.5 Å². The quantitative estimate of drug-likeness (QED) is 0.432. The van der Waals surface area contributed by atoms with Crippen molar-refractivity contribution in [1.82, 2.24) is 0 Å². The lowest BCUT2D eigenvalue weighted by Crippen LogP contribution is -2.68. The van der Waals surface area contributed by atoms with E-state index >= 15 is 0 Å². The van der Waals surface area contributed by atoms with E-state index in [4.69, 9.17) is 0 Å². The van der Waals surface area contributed by atoms with Crippen molar-refractivity contribution in [3.05, 3.63) is 12.2 Å². The molecule has 0 heterocycles. The van der Waals surface area contributed by atoms with Gasteiger partial charge in [0, 0.05) is 5.92 Å².